The van der Waals surface area contributed by atoms with Crippen LogP contribution in [0.1, 0.15) is 136 Å². The SMILES string of the molecule is CCCCCCCCCCCCC(C)(C)C(=O)OC[N+]1(CC2CCCCC2CN2C(=O)C3C4CCC(C4)C3C2=O)CCN(c2nsc3ccccc23)CC1. The highest BCUT2D eigenvalue weighted by atomic mass is 32.1. The van der Waals surface area contributed by atoms with E-state index in [9.17, 15) is 14.4 Å². The van der Waals surface area contributed by atoms with Crippen molar-refractivity contribution in [1.29, 1.82) is 0 Å². The molecule has 3 saturated carbocycles. The van der Waals surface area contributed by atoms with Gasteiger partial charge in [-0.1, -0.05) is 96.1 Å². The van der Waals surface area contributed by atoms with Crippen molar-refractivity contribution in [3.05, 3.63) is 24.3 Å². The molecule has 2 aromatic rings. The van der Waals surface area contributed by atoms with E-state index in [0.717, 1.165) is 94.4 Å². The van der Waals surface area contributed by atoms with E-state index in [0.29, 0.717) is 36.9 Å². The van der Waals surface area contributed by atoms with Crippen molar-refractivity contribution in [2.45, 2.75) is 136 Å². The minimum atomic E-state index is -0.507. The maximum absolute atomic E-state index is 13.8. The summed E-state index contributed by atoms with van der Waals surface area (Å²) in [5.74, 6) is 2.72. The monoisotopic (exact) mass is 762 g/mol. The molecule has 1 aromatic heterocycles. The molecule has 5 aliphatic rings. The first-order valence-electron chi connectivity index (χ1n) is 22.2. The predicted molar refractivity (Wildman–Crippen MR) is 218 cm³/mol. The molecule has 8 nitrogen and oxygen atoms in total. The fourth-order valence-electron chi connectivity index (χ4n) is 11.3. The van der Waals surface area contributed by atoms with Crippen LogP contribution in [0.5, 0.6) is 0 Å². The van der Waals surface area contributed by atoms with Crippen molar-refractivity contribution in [1.82, 2.24) is 9.27 Å². The molecule has 2 bridgehead atoms. The fraction of sp³-hybridized carbons (Fsp3) is 0.778. The van der Waals surface area contributed by atoms with E-state index < -0.39 is 5.41 Å². The van der Waals surface area contributed by atoms with Crippen LogP contribution in [0.2, 0.25) is 0 Å². The van der Waals surface area contributed by atoms with Gasteiger partial charge in [0.25, 0.3) is 0 Å². The number of hydrogen-bond donors (Lipinski definition) is 0. The normalized spacial score (nSPS) is 28.0. The van der Waals surface area contributed by atoms with E-state index in [1.165, 1.54) is 74.3 Å². The molecule has 9 heteroatoms. The molecule has 2 amide bonds. The van der Waals surface area contributed by atoms with Crippen LogP contribution in [0.15, 0.2) is 24.3 Å². The number of piperazine rings is 1. The van der Waals surface area contributed by atoms with Gasteiger partial charge in [-0.25, -0.2) is 0 Å². The number of carbonyl (C=O) groups is 3. The second-order valence-electron chi connectivity index (χ2n) is 18.8. The molecule has 0 spiro atoms. The molecule has 54 heavy (non-hydrogen) atoms. The standard InChI is InChI=1S/C45H69N4O4S/c1-4-5-6-7-8-9-10-11-12-17-24-45(2,3)44(52)53-32-49(27-25-47(26-28-49)41-37-20-15-16-21-38(37)54-46-41)31-36-19-14-13-18-35(36)30-48-42(50)39-33-22-23-34(29-33)40(39)43(48)51/h15-16,20-21,33-36,39-40H,4-14,17-19,22-32H2,1-3H3/q+1. The van der Waals surface area contributed by atoms with Crippen LogP contribution in [0, 0.1) is 40.9 Å². The first kappa shape index (κ1) is 39.7. The van der Waals surface area contributed by atoms with E-state index in [4.69, 9.17) is 9.11 Å². The van der Waals surface area contributed by atoms with Crippen LogP contribution in [0.25, 0.3) is 10.1 Å². The third-order valence-corrected chi connectivity index (χ3v) is 15.5. The molecule has 2 aliphatic heterocycles. The Bertz CT molecular complexity index is 1550. The number of quaternary nitrogens is 1. The molecule has 6 unspecified atom stereocenters. The summed E-state index contributed by atoms with van der Waals surface area (Å²) >= 11 is 1.57. The maximum atomic E-state index is 13.8. The third kappa shape index (κ3) is 8.72. The number of carbonyl (C=O) groups excluding carboxylic acids is 3. The summed E-state index contributed by atoms with van der Waals surface area (Å²) in [7, 11) is 0. The van der Waals surface area contributed by atoms with Gasteiger partial charge in [-0.05, 0) is 93.8 Å². The van der Waals surface area contributed by atoms with Gasteiger partial charge in [0.1, 0.15) is 0 Å². The average molecular weight is 762 g/mol. The van der Waals surface area contributed by atoms with Crippen LogP contribution in [-0.2, 0) is 19.1 Å². The van der Waals surface area contributed by atoms with Crippen LogP contribution in [0.3, 0.4) is 0 Å². The number of hydrogen-bond acceptors (Lipinski definition) is 7. The maximum Gasteiger partial charge on any atom is 0.315 e. The van der Waals surface area contributed by atoms with Crippen LogP contribution >= 0.6 is 11.5 Å². The molecule has 0 radical (unpaired) electrons. The van der Waals surface area contributed by atoms with Gasteiger partial charge in [0, 0.05) is 17.8 Å². The summed E-state index contributed by atoms with van der Waals surface area (Å²) in [6, 6.07) is 8.50. The van der Waals surface area contributed by atoms with Gasteiger partial charge in [-0.3, -0.25) is 23.8 Å². The zero-order valence-corrected chi connectivity index (χ0v) is 34.6. The molecule has 3 aliphatic carbocycles. The van der Waals surface area contributed by atoms with Crippen molar-refractivity contribution in [3.8, 4) is 0 Å². The lowest BCUT2D eigenvalue weighted by atomic mass is 9.78. The second-order valence-corrected chi connectivity index (χ2v) is 19.6. The summed E-state index contributed by atoms with van der Waals surface area (Å²) in [5, 5.41) is 1.22. The van der Waals surface area contributed by atoms with Crippen molar-refractivity contribution in [3.63, 3.8) is 0 Å². The van der Waals surface area contributed by atoms with E-state index in [1.807, 2.05) is 0 Å². The minimum absolute atomic E-state index is 0.0466. The summed E-state index contributed by atoms with van der Waals surface area (Å²) < 4.78 is 13.2. The lowest BCUT2D eigenvalue weighted by Crippen LogP contribution is -2.63. The number of amides is 2. The van der Waals surface area contributed by atoms with Gasteiger partial charge in [-0.15, -0.1) is 0 Å². The van der Waals surface area contributed by atoms with Gasteiger partial charge < -0.3 is 9.64 Å². The molecule has 298 valence electrons. The lowest BCUT2D eigenvalue weighted by Gasteiger charge is -2.47. The zero-order valence-electron chi connectivity index (χ0n) is 33.8. The Kier molecular flexibility index (Phi) is 13.0. The number of ether oxygens (including phenoxy) is 1. The Hall–Kier alpha value is -2.52. The quantitative estimate of drug-likeness (QED) is 0.0614. The first-order chi connectivity index (χ1) is 26.2. The zero-order chi connectivity index (χ0) is 37.7. The molecule has 6 atom stereocenters. The van der Waals surface area contributed by atoms with Crippen molar-refractivity contribution >= 4 is 45.2 Å². The van der Waals surface area contributed by atoms with Gasteiger partial charge in [-0.2, -0.15) is 4.37 Å². The highest BCUT2D eigenvalue weighted by molar-refractivity contribution is 7.13. The van der Waals surface area contributed by atoms with Crippen LogP contribution in [0.4, 0.5) is 5.82 Å². The van der Waals surface area contributed by atoms with E-state index >= 15 is 0 Å². The number of anilines is 1. The summed E-state index contributed by atoms with van der Waals surface area (Å²) in [6.45, 7) is 11.8. The van der Waals surface area contributed by atoms with E-state index in [-0.39, 0.29) is 29.6 Å². The Morgan fingerprint density at radius 3 is 2.13 bits per heavy atom. The van der Waals surface area contributed by atoms with Crippen molar-refractivity contribution in [2.75, 3.05) is 50.9 Å². The Morgan fingerprint density at radius 1 is 0.852 bits per heavy atom. The molecule has 3 heterocycles. The minimum Gasteiger partial charge on any atom is -0.415 e. The summed E-state index contributed by atoms with van der Waals surface area (Å²) in [5.41, 5.74) is -0.507. The largest absolute Gasteiger partial charge is 0.415 e. The number of likely N-dealkylation sites (tertiary alicyclic amines) is 1. The number of imide groups is 1. The van der Waals surface area contributed by atoms with E-state index in [1.54, 1.807) is 16.4 Å². The molecular formula is C45H69N4O4S+. The molecule has 1 aromatic carbocycles. The number of esters is 1. The Labute approximate surface area is 329 Å². The smallest absolute Gasteiger partial charge is 0.315 e. The van der Waals surface area contributed by atoms with Crippen LogP contribution in [-0.4, -0.2) is 77.5 Å². The Morgan fingerprint density at radius 2 is 1.46 bits per heavy atom. The number of aromatic nitrogens is 1. The second kappa shape index (κ2) is 17.7. The average Bonchev–Trinajstić information content (AvgIpc) is 3.97. The van der Waals surface area contributed by atoms with Crippen LogP contribution < -0.4 is 4.90 Å². The van der Waals surface area contributed by atoms with Crippen molar-refractivity contribution in [2.24, 2.45) is 40.9 Å². The topological polar surface area (TPSA) is 79.8 Å². The molecule has 5 fully saturated rings. The highest BCUT2D eigenvalue weighted by Gasteiger charge is 2.61. The van der Waals surface area contributed by atoms with Crippen molar-refractivity contribution < 1.29 is 23.6 Å². The van der Waals surface area contributed by atoms with E-state index in [2.05, 4.69) is 49.9 Å². The van der Waals surface area contributed by atoms with Gasteiger partial charge in [0.05, 0.1) is 54.7 Å². The van der Waals surface area contributed by atoms with Gasteiger partial charge >= 0.3 is 5.97 Å². The Balaban J connectivity index is 0.981. The molecule has 2 saturated heterocycles. The summed E-state index contributed by atoms with van der Waals surface area (Å²) in [4.78, 5) is 45.5. The molecule has 7 rings (SSSR count). The molecule has 0 N–H and O–H groups in total. The first-order valence-corrected chi connectivity index (χ1v) is 22.9. The number of nitrogens with zero attached hydrogens (tertiary/aromatic N) is 4. The summed E-state index contributed by atoms with van der Waals surface area (Å²) in [6.07, 6.45) is 21.6. The highest BCUT2D eigenvalue weighted by Crippen LogP contribution is 2.56. The predicted octanol–water partition coefficient (Wildman–Crippen LogP) is 9.61. The fourth-order valence-corrected chi connectivity index (χ4v) is 12.1. The molecular weight excluding hydrogens is 693 g/mol. The number of fused-ring (bicyclic) bond motifs is 6. The third-order valence-electron chi connectivity index (χ3n) is 14.6. The van der Waals surface area contributed by atoms with Gasteiger partial charge in [0.15, 0.2) is 5.82 Å². The van der Waals surface area contributed by atoms with Gasteiger partial charge in [0.2, 0.25) is 18.5 Å². The number of benzene rings is 1. The number of unbranched alkanes of at least 4 members (excludes halogenated alkanes) is 9. The number of rotatable bonds is 19. The lowest BCUT2D eigenvalue weighted by molar-refractivity contribution is -0.947.